The molecule has 0 fully saturated rings. The van der Waals surface area contributed by atoms with Crippen molar-refractivity contribution in [2.45, 2.75) is 11.9 Å². The molecule has 0 aromatic heterocycles. The van der Waals surface area contributed by atoms with E-state index in [-0.39, 0.29) is 4.74 Å². The molecule has 1 heterocycles. The number of ketones is 1. The van der Waals surface area contributed by atoms with Crippen LogP contribution >= 0.6 is 0 Å². The molecule has 0 unspecified atom stereocenters. The number of aliphatic carboxylic acids is 1. The molecule has 2 aliphatic rings. The molecule has 130 valence electrons. The second-order valence-electron chi connectivity index (χ2n) is 5.26. The number of para-hydroxylation sites is 1. The van der Waals surface area contributed by atoms with Gasteiger partial charge in [0.1, 0.15) is 5.56 Å². The van der Waals surface area contributed by atoms with Gasteiger partial charge in [-0.05, 0) is 12.1 Å². The van der Waals surface area contributed by atoms with Gasteiger partial charge in [-0.15, -0.1) is 0 Å². The Balaban J connectivity index is 2.46. The Labute approximate surface area is 138 Å². The van der Waals surface area contributed by atoms with E-state index in [4.69, 9.17) is 10.5 Å². The summed E-state index contributed by atoms with van der Waals surface area (Å²) in [4.78, 5) is 34.7. The van der Waals surface area contributed by atoms with Gasteiger partial charge in [-0.1, -0.05) is 6.07 Å². The highest BCUT2D eigenvalue weighted by Gasteiger charge is 2.63. The molecule has 3 rings (SSSR count). The topological polar surface area (TPSA) is 193 Å². The molecule has 11 nitrogen and oxygen atoms in total. The normalized spacial score (nSPS) is 25.2. The summed E-state index contributed by atoms with van der Waals surface area (Å²) >= 11 is 0. The lowest BCUT2D eigenvalue weighted by molar-refractivity contribution is -0.387. The summed E-state index contributed by atoms with van der Waals surface area (Å²) in [6.45, 7) is 0. The third-order valence-corrected chi connectivity index (χ3v) is 3.84. The zero-order chi connectivity index (χ0) is 18.7. The summed E-state index contributed by atoms with van der Waals surface area (Å²) in [6, 6.07) is 3.36. The fourth-order valence-corrected chi connectivity index (χ4v) is 2.72. The molecule has 11 heteroatoms. The summed E-state index contributed by atoms with van der Waals surface area (Å²) in [6.07, 6.45) is -2.39. The predicted octanol–water partition coefficient (Wildman–Crippen LogP) is -1.71. The zero-order valence-electron chi connectivity index (χ0n) is 12.2. The van der Waals surface area contributed by atoms with Crippen molar-refractivity contribution in [3.63, 3.8) is 0 Å². The number of Topliss-reactive ketones (excluding diaryl/α,β-unsaturated/α-hetero) is 1. The van der Waals surface area contributed by atoms with Gasteiger partial charge in [0.05, 0.1) is 5.70 Å². The number of fused-ring (bicyclic) bond motifs is 2. The number of carboxylic acids is 2. The monoisotopic (exact) mass is 350 g/mol. The Hall–Kier alpha value is -3.44. The number of carbonyl (C=O) groups excluding carboxylic acids is 1. The van der Waals surface area contributed by atoms with Crippen LogP contribution in [0.15, 0.2) is 29.5 Å². The van der Waals surface area contributed by atoms with Gasteiger partial charge in [-0.3, -0.25) is 4.79 Å². The van der Waals surface area contributed by atoms with Crippen molar-refractivity contribution < 1.29 is 44.3 Å². The summed E-state index contributed by atoms with van der Waals surface area (Å²) < 4.78 is 4.87. The second kappa shape index (κ2) is 5.03. The maximum Gasteiger partial charge on any atom is 0.344 e. The fourth-order valence-electron chi connectivity index (χ4n) is 2.72. The molecule has 0 amide bonds. The van der Waals surface area contributed by atoms with Gasteiger partial charge in [0.25, 0.3) is 11.4 Å². The maximum absolute atomic E-state index is 12.7. The molecule has 1 aliphatic heterocycles. The molecule has 1 aliphatic carbocycles. The maximum atomic E-state index is 12.7. The SMILES string of the molecule is NC1=C(C(=O)O)C2=[N+]([O-])c3c(cccc3C(=O)O)O[C@@]2(O)[C@H](O)C1=O. The molecule has 1 aromatic rings. The van der Waals surface area contributed by atoms with E-state index < -0.39 is 63.6 Å². The first-order chi connectivity index (χ1) is 11.6. The van der Waals surface area contributed by atoms with Crippen molar-refractivity contribution >= 4 is 29.1 Å². The van der Waals surface area contributed by atoms with Crippen LogP contribution < -0.4 is 10.5 Å². The van der Waals surface area contributed by atoms with Crippen molar-refractivity contribution in [2.75, 3.05) is 0 Å². The molecular formula is C14H10N2O9. The Morgan fingerprint density at radius 1 is 1.28 bits per heavy atom. The van der Waals surface area contributed by atoms with E-state index in [1.807, 2.05) is 0 Å². The van der Waals surface area contributed by atoms with Gasteiger partial charge in [0.15, 0.2) is 17.4 Å². The average molecular weight is 350 g/mol. The lowest BCUT2D eigenvalue weighted by Crippen LogP contribution is -2.65. The van der Waals surface area contributed by atoms with Crippen LogP contribution in [0.4, 0.5) is 5.69 Å². The first kappa shape index (κ1) is 16.4. The number of ether oxygens (including phenoxy) is 1. The fraction of sp³-hybridized carbons (Fsp3) is 0.143. The number of rotatable bonds is 2. The van der Waals surface area contributed by atoms with Gasteiger partial charge in [-0.2, -0.15) is 4.74 Å². The van der Waals surface area contributed by atoms with Crippen LogP contribution in [0.1, 0.15) is 10.4 Å². The summed E-state index contributed by atoms with van der Waals surface area (Å²) in [5, 5.41) is 51.7. The van der Waals surface area contributed by atoms with Crippen LogP contribution in [0, 0.1) is 5.21 Å². The molecule has 0 spiro atoms. The molecule has 1 aromatic carbocycles. The molecule has 6 N–H and O–H groups in total. The number of carboxylic acid groups (broad SMARTS) is 2. The molecule has 0 bridgehead atoms. The number of nitrogens with zero attached hydrogens (tertiary/aromatic N) is 1. The number of aliphatic hydroxyl groups excluding tert-OH is 1. The lowest BCUT2D eigenvalue weighted by Gasteiger charge is -2.38. The summed E-state index contributed by atoms with van der Waals surface area (Å²) in [5.41, 5.74) is 1.08. The summed E-state index contributed by atoms with van der Waals surface area (Å²) in [7, 11) is 0. The van der Waals surface area contributed by atoms with Crippen LogP contribution in [0.2, 0.25) is 0 Å². The van der Waals surface area contributed by atoms with Gasteiger partial charge < -0.3 is 36.1 Å². The predicted molar refractivity (Wildman–Crippen MR) is 77.1 cm³/mol. The smallest absolute Gasteiger partial charge is 0.344 e. The van der Waals surface area contributed by atoms with Crippen molar-refractivity contribution in [1.82, 2.24) is 0 Å². The minimum absolute atomic E-state index is 0.214. The lowest BCUT2D eigenvalue weighted by atomic mass is 9.84. The van der Waals surface area contributed by atoms with E-state index >= 15 is 0 Å². The molecule has 0 saturated heterocycles. The Morgan fingerprint density at radius 3 is 2.48 bits per heavy atom. The van der Waals surface area contributed by atoms with Gasteiger partial charge >= 0.3 is 17.7 Å². The van der Waals surface area contributed by atoms with Crippen molar-refractivity contribution in [1.29, 1.82) is 0 Å². The third-order valence-electron chi connectivity index (χ3n) is 3.84. The molecule has 0 saturated carbocycles. The summed E-state index contributed by atoms with van der Waals surface area (Å²) in [5.74, 6) is -8.21. The van der Waals surface area contributed by atoms with E-state index in [1.165, 1.54) is 6.07 Å². The number of benzene rings is 1. The Kier molecular flexibility index (Phi) is 3.30. The molecule has 2 atom stereocenters. The molecular weight excluding hydrogens is 340 g/mol. The van der Waals surface area contributed by atoms with Crippen molar-refractivity contribution in [2.24, 2.45) is 5.73 Å². The minimum Gasteiger partial charge on any atom is -0.618 e. The number of hydrogen-bond acceptors (Lipinski definition) is 8. The number of nitrogens with two attached hydrogens (primary N) is 1. The average Bonchev–Trinajstić information content (AvgIpc) is 2.54. The third kappa shape index (κ3) is 2.00. The number of hydrogen-bond donors (Lipinski definition) is 5. The molecule has 0 radical (unpaired) electrons. The highest BCUT2D eigenvalue weighted by Crippen LogP contribution is 2.42. The van der Waals surface area contributed by atoms with Crippen LogP contribution in [0.25, 0.3) is 0 Å². The van der Waals surface area contributed by atoms with Gasteiger partial charge in [0.2, 0.25) is 5.78 Å². The van der Waals surface area contributed by atoms with E-state index in [2.05, 4.69) is 0 Å². The Bertz CT molecular complexity index is 917. The van der Waals surface area contributed by atoms with E-state index in [0.29, 0.717) is 0 Å². The first-order valence-electron chi connectivity index (χ1n) is 6.69. The largest absolute Gasteiger partial charge is 0.618 e. The standard InChI is InChI=1S/C14H10N2O9/c15-7-6(13(21)22)10-14(23,11(18)9(7)17)25-5-3-1-2-4(12(19)20)8(5)16(10)24/h1-3,11,18,23H,15H2,(H,19,20)(H,21,22)/t11-,14-/m1/s1. The van der Waals surface area contributed by atoms with E-state index in [9.17, 15) is 40.0 Å². The molecule has 25 heavy (non-hydrogen) atoms. The highest BCUT2D eigenvalue weighted by atomic mass is 16.6. The highest BCUT2D eigenvalue weighted by molar-refractivity contribution is 6.29. The second-order valence-corrected chi connectivity index (χ2v) is 5.26. The van der Waals surface area contributed by atoms with Crippen LogP contribution in [-0.4, -0.2) is 60.5 Å². The van der Waals surface area contributed by atoms with Crippen molar-refractivity contribution in [3.8, 4) is 5.75 Å². The Morgan fingerprint density at radius 2 is 1.92 bits per heavy atom. The number of carbonyl (C=O) groups is 3. The van der Waals surface area contributed by atoms with E-state index in [1.54, 1.807) is 0 Å². The minimum atomic E-state index is -3.04. The quantitative estimate of drug-likeness (QED) is 0.303. The van der Waals surface area contributed by atoms with Gasteiger partial charge in [-0.25, -0.2) is 9.59 Å². The first-order valence-corrected chi connectivity index (χ1v) is 6.69. The van der Waals surface area contributed by atoms with E-state index in [0.717, 1.165) is 12.1 Å². The van der Waals surface area contributed by atoms with Crippen LogP contribution in [-0.2, 0) is 9.59 Å². The zero-order valence-corrected chi connectivity index (χ0v) is 12.2. The number of aromatic carboxylic acids is 1. The van der Waals surface area contributed by atoms with Crippen LogP contribution in [0.5, 0.6) is 5.75 Å². The number of aliphatic hydroxyl groups is 2. The van der Waals surface area contributed by atoms with Crippen LogP contribution in [0.3, 0.4) is 0 Å². The van der Waals surface area contributed by atoms with Gasteiger partial charge in [0, 0.05) is 0 Å². The van der Waals surface area contributed by atoms with Crippen molar-refractivity contribution in [3.05, 3.63) is 40.2 Å².